The zero-order valence-electron chi connectivity index (χ0n) is 20.1. The third kappa shape index (κ3) is 6.62. The van der Waals surface area contributed by atoms with Crippen LogP contribution in [0.3, 0.4) is 0 Å². The first-order chi connectivity index (χ1) is 17.0. The lowest BCUT2D eigenvalue weighted by molar-refractivity contribution is -0.142. The van der Waals surface area contributed by atoms with E-state index in [4.69, 9.17) is 19.3 Å². The molecule has 1 fully saturated rings. The van der Waals surface area contributed by atoms with Crippen LogP contribution in [0.2, 0.25) is 0 Å². The fourth-order valence-corrected chi connectivity index (χ4v) is 4.99. The largest absolute Gasteiger partial charge is 0.468 e. The van der Waals surface area contributed by atoms with E-state index in [0.29, 0.717) is 0 Å². The number of esters is 1. The van der Waals surface area contributed by atoms with Gasteiger partial charge in [0.05, 0.1) is 25.9 Å². The summed E-state index contributed by atoms with van der Waals surface area (Å²) in [5.74, 6) is -0.469. The van der Waals surface area contributed by atoms with Crippen molar-refractivity contribution in [2.75, 3.05) is 13.7 Å². The fraction of sp³-hybridized carbons (Fsp3) is 0.476. The highest BCUT2D eigenvalue weighted by atomic mass is 31.2. The third-order valence-corrected chi connectivity index (χ3v) is 7.07. The molecule has 0 aliphatic carbocycles. The van der Waals surface area contributed by atoms with Crippen molar-refractivity contribution >= 4 is 13.7 Å². The van der Waals surface area contributed by atoms with Crippen molar-refractivity contribution in [2.45, 2.75) is 51.6 Å². The number of H-pyrrole nitrogens is 1. The van der Waals surface area contributed by atoms with Gasteiger partial charge < -0.3 is 14.0 Å². The maximum Gasteiger partial charge on any atom is 0.459 e. The molecule has 1 aromatic carbocycles. The minimum Gasteiger partial charge on any atom is -0.468 e. The molecule has 0 saturated carbocycles. The number of ether oxygens (including phenoxy) is 2. The fourth-order valence-electron chi connectivity index (χ4n) is 3.49. The number of carbonyl (C=O) groups is 1. The van der Waals surface area contributed by atoms with Crippen molar-refractivity contribution in [3.8, 4) is 5.75 Å². The second-order valence-electron chi connectivity index (χ2n) is 8.19. The van der Waals surface area contributed by atoms with E-state index < -0.39 is 49.4 Å². The van der Waals surface area contributed by atoms with Crippen LogP contribution in [0.15, 0.2) is 45.2 Å². The Hall–Kier alpha value is -3.41. The second kappa shape index (κ2) is 11.5. The number of hydrogen-bond acceptors (Lipinski definition) is 9. The molecule has 3 rings (SSSR count). The number of benzene rings is 1. The van der Waals surface area contributed by atoms with Gasteiger partial charge in [-0.3, -0.25) is 23.7 Å². The summed E-state index contributed by atoms with van der Waals surface area (Å²) in [6, 6.07) is 4.84. The van der Waals surface area contributed by atoms with Crippen molar-refractivity contribution in [2.24, 2.45) is 5.11 Å². The van der Waals surface area contributed by atoms with Gasteiger partial charge in [0, 0.05) is 23.1 Å². The molecule has 5 atom stereocenters. The maximum atomic E-state index is 13.6. The van der Waals surface area contributed by atoms with Gasteiger partial charge in [-0.2, -0.15) is 5.09 Å². The summed E-state index contributed by atoms with van der Waals surface area (Å²) in [5.41, 5.74) is 9.00. The van der Waals surface area contributed by atoms with Crippen molar-refractivity contribution in [1.29, 1.82) is 0 Å². The van der Waals surface area contributed by atoms with Crippen LogP contribution in [0.5, 0.6) is 5.75 Å². The van der Waals surface area contributed by atoms with Crippen molar-refractivity contribution in [1.82, 2.24) is 14.6 Å². The molecule has 194 valence electrons. The van der Waals surface area contributed by atoms with Gasteiger partial charge in [0.15, 0.2) is 0 Å². The standard InChI is InChI=1S/C21H27N6O8P/c1-12-5-7-15(8-6-12)35-36(31,25-14(3)20(29)32-4)33-11-17-16(24-26-22)9-18(34-17)27-10-13(2)19(28)23-21(27)30/h5-8,10,14,16-18H,9,11H2,1-4H3,(H,25,31)(H,23,28,30)/t14?,16-,17+,18+,36?/m0/s1. The molecule has 14 nitrogen and oxygen atoms in total. The molecule has 0 bridgehead atoms. The number of aromatic amines is 1. The first-order valence-electron chi connectivity index (χ1n) is 10.9. The van der Waals surface area contributed by atoms with Crippen LogP contribution < -0.4 is 20.9 Å². The molecule has 1 aliphatic rings. The summed E-state index contributed by atoms with van der Waals surface area (Å²) in [4.78, 5) is 40.9. The zero-order valence-corrected chi connectivity index (χ0v) is 21.0. The number of nitrogens with one attached hydrogen (secondary N) is 2. The summed E-state index contributed by atoms with van der Waals surface area (Å²) in [6.07, 6.45) is -0.363. The SMILES string of the molecule is COC(=O)C(C)NP(=O)(OC[C@H]1O[C@@H](n2cc(C)c(=O)[nH]c2=O)C[C@@H]1N=[N+]=[N-])Oc1ccc(C)cc1. The molecule has 2 N–H and O–H groups in total. The lowest BCUT2D eigenvalue weighted by Gasteiger charge is -2.24. The minimum atomic E-state index is -4.17. The highest BCUT2D eigenvalue weighted by molar-refractivity contribution is 7.52. The normalized spacial score (nSPS) is 21.7. The summed E-state index contributed by atoms with van der Waals surface area (Å²) in [6.45, 7) is 4.45. The number of aromatic nitrogens is 2. The van der Waals surface area contributed by atoms with Gasteiger partial charge >= 0.3 is 19.4 Å². The molecule has 0 spiro atoms. The molecule has 36 heavy (non-hydrogen) atoms. The Morgan fingerprint density at radius 2 is 2.06 bits per heavy atom. The van der Waals surface area contributed by atoms with E-state index in [2.05, 4.69) is 24.8 Å². The lowest BCUT2D eigenvalue weighted by atomic mass is 10.1. The van der Waals surface area contributed by atoms with Gasteiger partial charge in [-0.25, -0.2) is 9.36 Å². The van der Waals surface area contributed by atoms with E-state index in [1.54, 1.807) is 24.3 Å². The number of nitrogens with zero attached hydrogens (tertiary/aromatic N) is 4. The number of aryl methyl sites for hydroxylation is 2. The molecular formula is C21H27N6O8P. The Kier molecular flexibility index (Phi) is 8.72. The molecule has 15 heteroatoms. The number of rotatable bonds is 10. The van der Waals surface area contributed by atoms with Crippen LogP contribution in [0.4, 0.5) is 0 Å². The lowest BCUT2D eigenvalue weighted by Crippen LogP contribution is -2.36. The van der Waals surface area contributed by atoms with Gasteiger partial charge in [-0.1, -0.05) is 22.8 Å². The van der Waals surface area contributed by atoms with Crippen molar-refractivity contribution in [3.63, 3.8) is 0 Å². The van der Waals surface area contributed by atoms with Gasteiger partial charge in [-0.05, 0) is 38.4 Å². The van der Waals surface area contributed by atoms with Gasteiger partial charge in [0.25, 0.3) is 5.56 Å². The molecule has 1 saturated heterocycles. The Bertz CT molecular complexity index is 1300. The molecule has 0 radical (unpaired) electrons. The van der Waals surface area contributed by atoms with Crippen LogP contribution in [-0.2, 0) is 23.4 Å². The number of hydrogen-bond donors (Lipinski definition) is 2. The monoisotopic (exact) mass is 522 g/mol. The third-order valence-electron chi connectivity index (χ3n) is 5.42. The highest BCUT2D eigenvalue weighted by Crippen LogP contribution is 2.46. The van der Waals surface area contributed by atoms with Crippen molar-refractivity contribution < 1.29 is 27.9 Å². The molecule has 1 aliphatic heterocycles. The quantitative estimate of drug-likeness (QED) is 0.155. The Morgan fingerprint density at radius 1 is 1.36 bits per heavy atom. The molecular weight excluding hydrogens is 495 g/mol. The number of carbonyl (C=O) groups excluding carboxylic acids is 1. The van der Waals surface area contributed by atoms with Gasteiger partial charge in [0.2, 0.25) is 0 Å². The van der Waals surface area contributed by atoms with Gasteiger partial charge in [0.1, 0.15) is 18.0 Å². The summed E-state index contributed by atoms with van der Waals surface area (Å²) < 4.78 is 36.5. The summed E-state index contributed by atoms with van der Waals surface area (Å²) in [5, 5.41) is 6.24. The molecule has 1 aromatic heterocycles. The Balaban J connectivity index is 1.82. The molecule has 2 heterocycles. The number of azide groups is 1. The van der Waals surface area contributed by atoms with E-state index in [-0.39, 0.29) is 24.3 Å². The maximum absolute atomic E-state index is 13.6. The van der Waals surface area contributed by atoms with Crippen LogP contribution in [0.1, 0.15) is 30.7 Å². The van der Waals surface area contributed by atoms with Crippen LogP contribution in [0, 0.1) is 13.8 Å². The smallest absolute Gasteiger partial charge is 0.459 e. The average Bonchev–Trinajstić information content (AvgIpc) is 3.23. The van der Waals surface area contributed by atoms with Crippen LogP contribution in [0.25, 0.3) is 10.4 Å². The minimum absolute atomic E-state index is 0.0958. The Morgan fingerprint density at radius 3 is 2.69 bits per heavy atom. The topological polar surface area (TPSA) is 187 Å². The Labute approximate surface area is 205 Å². The first-order valence-corrected chi connectivity index (χ1v) is 12.5. The first kappa shape index (κ1) is 27.2. The van der Waals surface area contributed by atoms with E-state index in [1.807, 2.05) is 6.92 Å². The highest BCUT2D eigenvalue weighted by Gasteiger charge is 2.40. The molecule has 2 unspecified atom stereocenters. The summed E-state index contributed by atoms with van der Waals surface area (Å²) >= 11 is 0. The molecule has 0 amide bonds. The van der Waals surface area contributed by atoms with E-state index in [9.17, 15) is 18.9 Å². The zero-order chi connectivity index (χ0) is 26.5. The van der Waals surface area contributed by atoms with Gasteiger partial charge in [-0.15, -0.1) is 0 Å². The van der Waals surface area contributed by atoms with E-state index in [1.165, 1.54) is 31.7 Å². The molecule has 2 aromatic rings. The predicted molar refractivity (Wildman–Crippen MR) is 127 cm³/mol. The van der Waals surface area contributed by atoms with Crippen molar-refractivity contribution in [3.05, 3.63) is 72.9 Å². The van der Waals surface area contributed by atoms with Crippen LogP contribution in [-0.4, -0.2) is 47.4 Å². The van der Waals surface area contributed by atoms with Crippen LogP contribution >= 0.6 is 7.75 Å². The van der Waals surface area contributed by atoms with E-state index >= 15 is 0 Å². The predicted octanol–water partition coefficient (Wildman–Crippen LogP) is 2.47. The van der Waals surface area contributed by atoms with E-state index in [0.717, 1.165) is 5.56 Å². The number of methoxy groups -OCH3 is 1. The summed E-state index contributed by atoms with van der Waals surface area (Å²) in [7, 11) is -2.99. The second-order valence-corrected chi connectivity index (χ2v) is 9.88. The average molecular weight is 522 g/mol.